The molecule has 1 aliphatic carbocycles. The molecule has 0 aliphatic heterocycles. The van der Waals surface area contributed by atoms with E-state index in [1.807, 2.05) is 48.5 Å². The molecule has 0 spiro atoms. The number of ether oxygens (including phenoxy) is 1. The van der Waals surface area contributed by atoms with E-state index in [0.29, 0.717) is 11.6 Å². The van der Waals surface area contributed by atoms with Crippen molar-refractivity contribution in [3.05, 3.63) is 71.5 Å². The van der Waals surface area contributed by atoms with Crippen LogP contribution in [0.2, 0.25) is 0 Å². The molecule has 4 nitrogen and oxygen atoms in total. The standard InChI is InChI=1S/C28H34N2O2/c1-3-25-27(21-13-12-18-24(19-21)32-23-16-10-7-11-17-23)26(28(29)31)20(2)30(25)22-14-8-5-4-6-9-15-22/h7,10-13,16-19,22H,3-6,8-9,14-15H2,1-2H3,(H2,29,31). The van der Waals surface area contributed by atoms with Crippen LogP contribution >= 0.6 is 0 Å². The summed E-state index contributed by atoms with van der Waals surface area (Å²) in [4.78, 5) is 12.7. The van der Waals surface area contributed by atoms with Gasteiger partial charge in [0.1, 0.15) is 11.5 Å². The normalized spacial score (nSPS) is 15.2. The van der Waals surface area contributed by atoms with E-state index in [9.17, 15) is 4.79 Å². The fourth-order valence-electron chi connectivity index (χ4n) is 5.25. The molecule has 3 aromatic rings. The maximum absolute atomic E-state index is 12.7. The second-order valence-electron chi connectivity index (χ2n) is 8.81. The van der Waals surface area contributed by atoms with Crippen LogP contribution in [0.1, 0.15) is 79.7 Å². The molecule has 4 heteroatoms. The van der Waals surface area contributed by atoms with Gasteiger partial charge in [0.25, 0.3) is 5.91 Å². The first-order valence-corrected chi connectivity index (χ1v) is 12.0. The molecule has 1 amide bonds. The van der Waals surface area contributed by atoms with Crippen molar-refractivity contribution in [2.24, 2.45) is 5.73 Å². The van der Waals surface area contributed by atoms with Crippen LogP contribution in [0, 0.1) is 6.92 Å². The van der Waals surface area contributed by atoms with Crippen molar-refractivity contribution in [2.45, 2.75) is 71.3 Å². The fraction of sp³-hybridized carbons (Fsp3) is 0.393. The minimum Gasteiger partial charge on any atom is -0.457 e. The molecule has 1 saturated carbocycles. The average Bonchev–Trinajstić information content (AvgIpc) is 3.07. The van der Waals surface area contributed by atoms with Crippen LogP contribution in [-0.4, -0.2) is 10.5 Å². The van der Waals surface area contributed by atoms with E-state index < -0.39 is 0 Å². The number of carbonyl (C=O) groups is 1. The van der Waals surface area contributed by atoms with Crippen LogP contribution in [0.5, 0.6) is 11.5 Å². The second-order valence-corrected chi connectivity index (χ2v) is 8.81. The number of nitrogens with zero attached hydrogens (tertiary/aromatic N) is 1. The van der Waals surface area contributed by atoms with Crippen LogP contribution in [0.3, 0.4) is 0 Å². The Kier molecular flexibility index (Phi) is 6.99. The summed E-state index contributed by atoms with van der Waals surface area (Å²) in [6.07, 6.45) is 9.60. The zero-order valence-electron chi connectivity index (χ0n) is 19.3. The third-order valence-electron chi connectivity index (χ3n) is 6.68. The minimum absolute atomic E-state index is 0.355. The number of hydrogen-bond acceptors (Lipinski definition) is 2. The number of para-hydroxylation sites is 1. The first-order valence-electron chi connectivity index (χ1n) is 12.0. The summed E-state index contributed by atoms with van der Waals surface area (Å²) < 4.78 is 8.51. The summed E-state index contributed by atoms with van der Waals surface area (Å²) in [6.45, 7) is 4.23. The summed E-state index contributed by atoms with van der Waals surface area (Å²) in [5, 5.41) is 0. The number of aromatic nitrogens is 1. The highest BCUT2D eigenvalue weighted by Crippen LogP contribution is 2.39. The Balaban J connectivity index is 1.80. The number of benzene rings is 2. The molecule has 0 saturated heterocycles. The highest BCUT2D eigenvalue weighted by Gasteiger charge is 2.27. The van der Waals surface area contributed by atoms with Crippen molar-refractivity contribution >= 4 is 5.91 Å². The van der Waals surface area contributed by atoms with Gasteiger partial charge in [-0.05, 0) is 56.0 Å². The van der Waals surface area contributed by atoms with E-state index >= 15 is 0 Å². The van der Waals surface area contributed by atoms with E-state index in [2.05, 4.69) is 24.5 Å². The lowest BCUT2D eigenvalue weighted by Gasteiger charge is -2.25. The van der Waals surface area contributed by atoms with Gasteiger partial charge in [-0.3, -0.25) is 4.79 Å². The minimum atomic E-state index is -0.355. The lowest BCUT2D eigenvalue weighted by atomic mass is 9.96. The lowest BCUT2D eigenvalue weighted by Crippen LogP contribution is -2.17. The van der Waals surface area contributed by atoms with Crippen molar-refractivity contribution < 1.29 is 9.53 Å². The van der Waals surface area contributed by atoms with Gasteiger partial charge in [0.05, 0.1) is 5.56 Å². The molecular weight excluding hydrogens is 396 g/mol. The van der Waals surface area contributed by atoms with Crippen LogP contribution < -0.4 is 10.5 Å². The molecule has 2 aromatic carbocycles. The van der Waals surface area contributed by atoms with Crippen LogP contribution in [-0.2, 0) is 6.42 Å². The Bertz CT molecular complexity index is 1060. The van der Waals surface area contributed by atoms with Gasteiger partial charge in [0.2, 0.25) is 0 Å². The lowest BCUT2D eigenvalue weighted by molar-refractivity contribution is 0.1000. The quantitative estimate of drug-likeness (QED) is 0.449. The highest BCUT2D eigenvalue weighted by molar-refractivity contribution is 6.02. The Labute approximate surface area is 191 Å². The second kappa shape index (κ2) is 10.1. The third kappa shape index (κ3) is 4.59. The Hall–Kier alpha value is -3.01. The first kappa shape index (κ1) is 22.2. The Morgan fingerprint density at radius 3 is 2.28 bits per heavy atom. The molecule has 1 aromatic heterocycles. The molecule has 0 atom stereocenters. The van der Waals surface area contributed by atoms with Gasteiger partial charge < -0.3 is 15.0 Å². The molecule has 1 heterocycles. The Morgan fingerprint density at radius 2 is 1.62 bits per heavy atom. The number of hydrogen-bond donors (Lipinski definition) is 1. The number of nitrogens with two attached hydrogens (primary N) is 1. The van der Waals surface area contributed by atoms with Crippen molar-refractivity contribution in [3.63, 3.8) is 0 Å². The molecule has 0 unspecified atom stereocenters. The number of rotatable bonds is 6. The molecule has 32 heavy (non-hydrogen) atoms. The van der Waals surface area contributed by atoms with E-state index in [-0.39, 0.29) is 5.91 Å². The molecule has 0 bridgehead atoms. The van der Waals surface area contributed by atoms with Crippen molar-refractivity contribution in [3.8, 4) is 22.6 Å². The van der Waals surface area contributed by atoms with Crippen molar-refractivity contribution in [1.82, 2.24) is 4.57 Å². The van der Waals surface area contributed by atoms with Gasteiger partial charge in [-0.2, -0.15) is 0 Å². The molecule has 168 valence electrons. The van der Waals surface area contributed by atoms with Crippen molar-refractivity contribution in [1.29, 1.82) is 0 Å². The number of carbonyl (C=O) groups excluding carboxylic acids is 1. The van der Waals surface area contributed by atoms with Crippen LogP contribution in [0.15, 0.2) is 54.6 Å². The van der Waals surface area contributed by atoms with Gasteiger partial charge >= 0.3 is 0 Å². The number of amides is 1. The summed E-state index contributed by atoms with van der Waals surface area (Å²) in [7, 11) is 0. The maximum atomic E-state index is 12.7. The van der Waals surface area contributed by atoms with E-state index in [1.165, 1.54) is 37.8 Å². The molecule has 0 radical (unpaired) electrons. The molecule has 1 fully saturated rings. The summed E-state index contributed by atoms with van der Waals surface area (Å²) >= 11 is 0. The van der Waals surface area contributed by atoms with Crippen LogP contribution in [0.25, 0.3) is 11.1 Å². The predicted octanol–water partition coefficient (Wildman–Crippen LogP) is 7.20. The van der Waals surface area contributed by atoms with E-state index in [4.69, 9.17) is 10.5 Å². The maximum Gasteiger partial charge on any atom is 0.251 e. The van der Waals surface area contributed by atoms with Crippen molar-refractivity contribution in [2.75, 3.05) is 0 Å². The number of primary amides is 1. The topological polar surface area (TPSA) is 57.2 Å². The SMILES string of the molecule is CCc1c(-c2cccc(Oc3ccccc3)c2)c(C(N)=O)c(C)n1C1CCCCCCC1. The zero-order chi connectivity index (χ0) is 22.5. The van der Waals surface area contributed by atoms with Gasteiger partial charge in [0, 0.05) is 23.0 Å². The van der Waals surface area contributed by atoms with Gasteiger partial charge in [0.15, 0.2) is 0 Å². The van der Waals surface area contributed by atoms with Crippen LogP contribution in [0.4, 0.5) is 0 Å². The largest absolute Gasteiger partial charge is 0.457 e. The van der Waals surface area contributed by atoms with E-state index in [1.54, 1.807) is 0 Å². The van der Waals surface area contributed by atoms with E-state index in [0.717, 1.165) is 47.6 Å². The molecule has 4 rings (SSSR count). The smallest absolute Gasteiger partial charge is 0.251 e. The van der Waals surface area contributed by atoms with Gasteiger partial charge in [-0.15, -0.1) is 0 Å². The fourth-order valence-corrected chi connectivity index (χ4v) is 5.25. The van der Waals surface area contributed by atoms with Gasteiger partial charge in [-0.25, -0.2) is 0 Å². The average molecular weight is 431 g/mol. The van der Waals surface area contributed by atoms with Gasteiger partial charge in [-0.1, -0.05) is 69.4 Å². The predicted molar refractivity (Wildman–Crippen MR) is 130 cm³/mol. The highest BCUT2D eigenvalue weighted by atomic mass is 16.5. The summed E-state index contributed by atoms with van der Waals surface area (Å²) in [5.41, 5.74) is 10.8. The molecular formula is C28H34N2O2. The third-order valence-corrected chi connectivity index (χ3v) is 6.68. The summed E-state index contributed by atoms with van der Waals surface area (Å²) in [6, 6.07) is 18.2. The molecule has 2 N–H and O–H groups in total. The molecule has 1 aliphatic rings. The monoisotopic (exact) mass is 430 g/mol. The Morgan fingerprint density at radius 1 is 0.969 bits per heavy atom. The zero-order valence-corrected chi connectivity index (χ0v) is 19.3. The first-order chi connectivity index (χ1) is 15.6. The summed E-state index contributed by atoms with van der Waals surface area (Å²) in [5.74, 6) is 1.19.